The van der Waals surface area contributed by atoms with Crippen LogP contribution in [0.1, 0.15) is 50.5 Å². The predicted molar refractivity (Wildman–Crippen MR) is 62.6 cm³/mol. The Hall–Kier alpha value is -0.890. The fourth-order valence-electron chi connectivity index (χ4n) is 1.90. The van der Waals surface area contributed by atoms with E-state index < -0.39 is 6.10 Å². The highest BCUT2D eigenvalue weighted by molar-refractivity contribution is 5.19. The molecule has 1 N–H and O–H groups in total. The van der Waals surface area contributed by atoms with E-state index in [1.54, 1.807) is 6.20 Å². The topological polar surface area (TPSA) is 33.1 Å². The second-order valence-corrected chi connectivity index (χ2v) is 4.14. The number of aliphatic hydroxyl groups excluding tert-OH is 1. The zero-order valence-electron chi connectivity index (χ0n) is 9.90. The molecule has 0 bridgehead atoms. The molecular weight excluding hydrogens is 186 g/mol. The second kappa shape index (κ2) is 5.86. The summed E-state index contributed by atoms with van der Waals surface area (Å²) in [6.45, 7) is 6.34. The summed E-state index contributed by atoms with van der Waals surface area (Å²) in [4.78, 5) is 4.25. The molecule has 0 spiro atoms. The standard InChI is InChI=1S/C13H21NO/c1-4-11(5-2)9-12(15)13-10(3)7-6-8-14-13/h6-8,11-12,15H,4-5,9H2,1-3H3. The van der Waals surface area contributed by atoms with Gasteiger partial charge in [0.15, 0.2) is 0 Å². The summed E-state index contributed by atoms with van der Waals surface area (Å²) in [6.07, 6.45) is 4.42. The van der Waals surface area contributed by atoms with Crippen molar-refractivity contribution in [1.82, 2.24) is 4.98 Å². The van der Waals surface area contributed by atoms with Crippen molar-refractivity contribution in [2.75, 3.05) is 0 Å². The molecule has 1 unspecified atom stereocenters. The molecule has 1 aromatic heterocycles. The van der Waals surface area contributed by atoms with Crippen LogP contribution in [0.3, 0.4) is 0 Å². The zero-order chi connectivity index (χ0) is 11.3. The third-order valence-corrected chi connectivity index (χ3v) is 3.08. The van der Waals surface area contributed by atoms with Crippen LogP contribution in [0.25, 0.3) is 0 Å². The van der Waals surface area contributed by atoms with Gasteiger partial charge in [-0.2, -0.15) is 0 Å². The highest BCUT2D eigenvalue weighted by atomic mass is 16.3. The summed E-state index contributed by atoms with van der Waals surface area (Å²) in [5, 5.41) is 10.1. The molecular formula is C13H21NO. The van der Waals surface area contributed by atoms with Crippen molar-refractivity contribution >= 4 is 0 Å². The van der Waals surface area contributed by atoms with Gasteiger partial charge >= 0.3 is 0 Å². The Kier molecular flexibility index (Phi) is 4.76. The Morgan fingerprint density at radius 1 is 1.33 bits per heavy atom. The average Bonchev–Trinajstić information content (AvgIpc) is 2.26. The van der Waals surface area contributed by atoms with E-state index in [2.05, 4.69) is 18.8 Å². The minimum atomic E-state index is -0.406. The summed E-state index contributed by atoms with van der Waals surface area (Å²) in [5.41, 5.74) is 1.92. The van der Waals surface area contributed by atoms with Crippen LogP contribution in [0.2, 0.25) is 0 Å². The van der Waals surface area contributed by atoms with Crippen molar-refractivity contribution in [2.45, 2.75) is 46.1 Å². The Balaban J connectivity index is 2.68. The third kappa shape index (κ3) is 3.31. The fourth-order valence-corrected chi connectivity index (χ4v) is 1.90. The lowest BCUT2D eigenvalue weighted by molar-refractivity contribution is 0.136. The average molecular weight is 207 g/mol. The first kappa shape index (κ1) is 12.2. The van der Waals surface area contributed by atoms with E-state index in [4.69, 9.17) is 0 Å². The van der Waals surface area contributed by atoms with Gasteiger partial charge in [0.1, 0.15) is 0 Å². The first-order valence-electron chi connectivity index (χ1n) is 5.78. The molecule has 0 aliphatic heterocycles. The molecule has 0 saturated carbocycles. The predicted octanol–water partition coefficient (Wildman–Crippen LogP) is 3.25. The monoisotopic (exact) mass is 207 g/mol. The number of aryl methyl sites for hydroxylation is 1. The van der Waals surface area contributed by atoms with E-state index in [-0.39, 0.29) is 0 Å². The van der Waals surface area contributed by atoms with Crippen molar-refractivity contribution in [3.05, 3.63) is 29.6 Å². The number of hydrogen-bond acceptors (Lipinski definition) is 2. The SMILES string of the molecule is CCC(CC)CC(O)c1ncccc1C. The summed E-state index contributed by atoms with van der Waals surface area (Å²) in [7, 11) is 0. The Morgan fingerprint density at radius 3 is 2.53 bits per heavy atom. The second-order valence-electron chi connectivity index (χ2n) is 4.14. The first-order chi connectivity index (χ1) is 7.19. The summed E-state index contributed by atoms with van der Waals surface area (Å²) >= 11 is 0. The molecule has 0 radical (unpaired) electrons. The minimum absolute atomic E-state index is 0.406. The maximum absolute atomic E-state index is 10.1. The van der Waals surface area contributed by atoms with Crippen LogP contribution in [0.5, 0.6) is 0 Å². The van der Waals surface area contributed by atoms with Crippen molar-refractivity contribution < 1.29 is 5.11 Å². The molecule has 1 heterocycles. The fraction of sp³-hybridized carbons (Fsp3) is 0.615. The van der Waals surface area contributed by atoms with E-state index in [9.17, 15) is 5.11 Å². The lowest BCUT2D eigenvalue weighted by atomic mass is 9.93. The molecule has 0 aromatic carbocycles. The molecule has 0 fully saturated rings. The van der Waals surface area contributed by atoms with Crippen LogP contribution < -0.4 is 0 Å². The number of aliphatic hydroxyl groups is 1. The third-order valence-electron chi connectivity index (χ3n) is 3.08. The molecule has 2 nitrogen and oxygen atoms in total. The van der Waals surface area contributed by atoms with Crippen molar-refractivity contribution in [3.8, 4) is 0 Å². The molecule has 2 heteroatoms. The summed E-state index contributed by atoms with van der Waals surface area (Å²) in [6, 6.07) is 3.90. The number of pyridine rings is 1. The van der Waals surface area contributed by atoms with Gasteiger partial charge in [0, 0.05) is 6.20 Å². The van der Waals surface area contributed by atoms with Gasteiger partial charge in [-0.05, 0) is 30.9 Å². The van der Waals surface area contributed by atoms with Gasteiger partial charge in [0.05, 0.1) is 11.8 Å². The van der Waals surface area contributed by atoms with Gasteiger partial charge in [-0.3, -0.25) is 4.98 Å². The maximum Gasteiger partial charge on any atom is 0.0965 e. The molecule has 1 aromatic rings. The molecule has 0 aliphatic carbocycles. The van der Waals surface area contributed by atoms with Crippen LogP contribution in [-0.4, -0.2) is 10.1 Å². The van der Waals surface area contributed by atoms with Crippen LogP contribution in [0.4, 0.5) is 0 Å². The van der Waals surface area contributed by atoms with Crippen LogP contribution in [-0.2, 0) is 0 Å². The number of hydrogen-bond donors (Lipinski definition) is 1. The quantitative estimate of drug-likeness (QED) is 0.804. The maximum atomic E-state index is 10.1. The largest absolute Gasteiger partial charge is 0.387 e. The van der Waals surface area contributed by atoms with Gasteiger partial charge in [0.25, 0.3) is 0 Å². The smallest absolute Gasteiger partial charge is 0.0965 e. The zero-order valence-corrected chi connectivity index (χ0v) is 9.90. The molecule has 1 rings (SSSR count). The Bertz CT molecular complexity index is 294. The van der Waals surface area contributed by atoms with Gasteiger partial charge in [-0.1, -0.05) is 32.8 Å². The van der Waals surface area contributed by atoms with Crippen LogP contribution >= 0.6 is 0 Å². The first-order valence-corrected chi connectivity index (χ1v) is 5.78. The van der Waals surface area contributed by atoms with E-state index in [1.807, 2.05) is 19.1 Å². The normalized spacial score (nSPS) is 13.1. The summed E-state index contributed by atoms with van der Waals surface area (Å²) < 4.78 is 0. The number of rotatable bonds is 5. The molecule has 0 aliphatic rings. The molecule has 0 saturated heterocycles. The van der Waals surface area contributed by atoms with Crippen molar-refractivity contribution in [3.63, 3.8) is 0 Å². The highest BCUT2D eigenvalue weighted by Gasteiger charge is 2.15. The van der Waals surface area contributed by atoms with E-state index >= 15 is 0 Å². The number of aromatic nitrogens is 1. The van der Waals surface area contributed by atoms with Crippen LogP contribution in [0, 0.1) is 12.8 Å². The molecule has 84 valence electrons. The summed E-state index contributed by atoms with van der Waals surface area (Å²) in [5.74, 6) is 0.599. The Morgan fingerprint density at radius 2 is 2.00 bits per heavy atom. The van der Waals surface area contributed by atoms with Gasteiger partial charge < -0.3 is 5.11 Å². The lowest BCUT2D eigenvalue weighted by Crippen LogP contribution is -2.08. The van der Waals surface area contributed by atoms with E-state index in [0.29, 0.717) is 5.92 Å². The minimum Gasteiger partial charge on any atom is -0.387 e. The Labute approximate surface area is 92.4 Å². The van der Waals surface area contributed by atoms with Gasteiger partial charge in [-0.25, -0.2) is 0 Å². The van der Waals surface area contributed by atoms with Gasteiger partial charge in [-0.15, -0.1) is 0 Å². The van der Waals surface area contributed by atoms with Crippen LogP contribution in [0.15, 0.2) is 18.3 Å². The lowest BCUT2D eigenvalue weighted by Gasteiger charge is -2.18. The molecule has 1 atom stereocenters. The van der Waals surface area contributed by atoms with Crippen molar-refractivity contribution in [1.29, 1.82) is 0 Å². The number of nitrogens with zero attached hydrogens (tertiary/aromatic N) is 1. The highest BCUT2D eigenvalue weighted by Crippen LogP contribution is 2.25. The van der Waals surface area contributed by atoms with Crippen molar-refractivity contribution in [2.24, 2.45) is 5.92 Å². The van der Waals surface area contributed by atoms with E-state index in [1.165, 1.54) is 0 Å². The van der Waals surface area contributed by atoms with Gasteiger partial charge in [0.2, 0.25) is 0 Å². The molecule has 0 amide bonds. The molecule has 15 heavy (non-hydrogen) atoms. The van der Waals surface area contributed by atoms with E-state index in [0.717, 1.165) is 30.5 Å².